The van der Waals surface area contributed by atoms with Crippen molar-refractivity contribution in [3.05, 3.63) is 47.7 Å². The quantitative estimate of drug-likeness (QED) is 0.323. The Morgan fingerprint density at radius 2 is 2.00 bits per heavy atom. The van der Waals surface area contributed by atoms with E-state index in [-0.39, 0.29) is 30.8 Å². The number of halogens is 1. The highest BCUT2D eigenvalue weighted by Crippen LogP contribution is 2.41. The SMILES string of the molecule is COc1cc(C(=O)N2C[C@H](N)C[C@@H](F)C2)cn2nc(-c3cc4cccc(OCC5CCC(=O)N5)c4n3CC3CC3)c(C)c12. The van der Waals surface area contributed by atoms with Crippen molar-refractivity contribution in [3.63, 3.8) is 0 Å². The third-order valence-corrected chi connectivity index (χ3v) is 8.90. The van der Waals surface area contributed by atoms with Crippen LogP contribution in [0.2, 0.25) is 0 Å². The summed E-state index contributed by atoms with van der Waals surface area (Å²) in [7, 11) is 1.57. The molecule has 3 atom stereocenters. The number of ether oxygens (including phenoxy) is 2. The smallest absolute Gasteiger partial charge is 0.255 e. The van der Waals surface area contributed by atoms with E-state index in [0.29, 0.717) is 36.8 Å². The van der Waals surface area contributed by atoms with Gasteiger partial charge in [0.15, 0.2) is 0 Å². The van der Waals surface area contributed by atoms with Crippen molar-refractivity contribution < 1.29 is 23.5 Å². The van der Waals surface area contributed by atoms with Gasteiger partial charge in [0.25, 0.3) is 5.91 Å². The number of fused-ring (bicyclic) bond motifs is 2. The number of carbonyl (C=O) groups is 2. The maximum absolute atomic E-state index is 14.2. The van der Waals surface area contributed by atoms with Gasteiger partial charge in [0, 0.05) is 42.7 Å². The largest absolute Gasteiger partial charge is 0.494 e. The average molecular weight is 589 g/mol. The Kier molecular flexibility index (Phi) is 6.99. The third-order valence-electron chi connectivity index (χ3n) is 8.90. The highest BCUT2D eigenvalue weighted by atomic mass is 19.1. The summed E-state index contributed by atoms with van der Waals surface area (Å²) in [5.74, 6) is 1.66. The van der Waals surface area contributed by atoms with Gasteiger partial charge in [-0.25, -0.2) is 8.91 Å². The van der Waals surface area contributed by atoms with Gasteiger partial charge in [0.1, 0.15) is 35.5 Å². The minimum atomic E-state index is -1.14. The summed E-state index contributed by atoms with van der Waals surface area (Å²) in [5, 5.41) is 9.03. The third kappa shape index (κ3) is 5.20. The summed E-state index contributed by atoms with van der Waals surface area (Å²) < 4.78 is 30.3. The standard InChI is InChI=1S/C32H37FN6O4/c1-18-29(36-39-14-21(11-27(42-2)30(18)39)32(41)37-15-22(33)12-23(34)16-37)25-10-20-4-3-5-26(31(20)38(25)13-19-6-7-19)43-17-24-8-9-28(40)35-24/h3-5,10-11,14,19,22-24H,6-9,12-13,15-17,34H2,1-2H3,(H,35,40)/t22-,23-,24?/m1/s1. The number of nitrogens with zero attached hydrogens (tertiary/aromatic N) is 4. The first-order valence-electron chi connectivity index (χ1n) is 15.1. The van der Waals surface area contributed by atoms with Crippen molar-refractivity contribution in [1.82, 2.24) is 24.4 Å². The second-order valence-corrected chi connectivity index (χ2v) is 12.3. The van der Waals surface area contributed by atoms with Crippen LogP contribution < -0.4 is 20.5 Å². The fourth-order valence-electron chi connectivity index (χ4n) is 6.57. The van der Waals surface area contributed by atoms with Gasteiger partial charge in [-0.1, -0.05) is 12.1 Å². The van der Waals surface area contributed by atoms with Crippen molar-refractivity contribution in [2.24, 2.45) is 11.7 Å². The minimum absolute atomic E-state index is 0.00981. The van der Waals surface area contributed by atoms with Crippen LogP contribution in [0.1, 0.15) is 48.0 Å². The molecule has 0 radical (unpaired) electrons. The van der Waals surface area contributed by atoms with Gasteiger partial charge in [-0.05, 0) is 56.7 Å². The van der Waals surface area contributed by atoms with E-state index in [2.05, 4.69) is 22.0 Å². The number of amides is 2. The number of aromatic nitrogens is 3. The molecule has 2 amide bonds. The zero-order valence-corrected chi connectivity index (χ0v) is 24.5. The average Bonchev–Trinajstić information content (AvgIpc) is 3.45. The number of methoxy groups -OCH3 is 1. The van der Waals surface area contributed by atoms with E-state index in [9.17, 15) is 14.0 Å². The first-order chi connectivity index (χ1) is 20.8. The van der Waals surface area contributed by atoms with Crippen molar-refractivity contribution in [2.45, 2.75) is 63.8 Å². The zero-order valence-electron chi connectivity index (χ0n) is 24.5. The number of hydrogen-bond acceptors (Lipinski definition) is 6. The number of rotatable bonds is 8. The Balaban J connectivity index is 1.29. The first-order valence-corrected chi connectivity index (χ1v) is 15.1. The van der Waals surface area contributed by atoms with Gasteiger partial charge in [-0.3, -0.25) is 9.59 Å². The maximum Gasteiger partial charge on any atom is 0.255 e. The molecule has 3 N–H and O–H groups in total. The number of nitrogens with two attached hydrogens (primary N) is 1. The molecule has 43 heavy (non-hydrogen) atoms. The van der Waals surface area contributed by atoms with Crippen molar-refractivity contribution >= 4 is 28.2 Å². The van der Waals surface area contributed by atoms with Crippen molar-refractivity contribution in [3.8, 4) is 22.9 Å². The molecule has 0 spiro atoms. The van der Waals surface area contributed by atoms with E-state index in [4.69, 9.17) is 20.3 Å². The van der Waals surface area contributed by atoms with Crippen LogP contribution in [0.5, 0.6) is 11.5 Å². The van der Waals surface area contributed by atoms with Crippen LogP contribution in [0.15, 0.2) is 36.5 Å². The van der Waals surface area contributed by atoms with Crippen molar-refractivity contribution in [1.29, 1.82) is 0 Å². The number of nitrogens with one attached hydrogen (secondary N) is 1. The van der Waals surface area contributed by atoms with E-state index < -0.39 is 12.2 Å². The van der Waals surface area contributed by atoms with E-state index in [1.54, 1.807) is 23.9 Å². The number of likely N-dealkylation sites (tertiary alicyclic amines) is 1. The highest BCUT2D eigenvalue weighted by Gasteiger charge is 2.31. The summed E-state index contributed by atoms with van der Waals surface area (Å²) in [4.78, 5) is 26.6. The Morgan fingerprint density at radius 3 is 2.72 bits per heavy atom. The summed E-state index contributed by atoms with van der Waals surface area (Å²) in [6.07, 6.45) is 4.48. The molecule has 1 aliphatic carbocycles. The van der Waals surface area contributed by atoms with Crippen LogP contribution in [-0.2, 0) is 11.3 Å². The predicted octanol–water partition coefficient (Wildman–Crippen LogP) is 3.85. The fourth-order valence-corrected chi connectivity index (χ4v) is 6.57. The molecule has 2 saturated heterocycles. The Labute approximate surface area is 248 Å². The monoisotopic (exact) mass is 588 g/mol. The first kappa shape index (κ1) is 27.7. The van der Waals surface area contributed by atoms with Crippen LogP contribution in [0.25, 0.3) is 27.8 Å². The van der Waals surface area contributed by atoms with Gasteiger partial charge in [-0.15, -0.1) is 0 Å². The Morgan fingerprint density at radius 1 is 1.16 bits per heavy atom. The van der Waals surface area contributed by atoms with Gasteiger partial charge < -0.3 is 30.0 Å². The second-order valence-electron chi connectivity index (χ2n) is 12.3. The summed E-state index contributed by atoms with van der Waals surface area (Å²) in [5.41, 5.74) is 10.8. The number of pyridine rings is 1. The molecule has 4 aromatic rings. The lowest BCUT2D eigenvalue weighted by atomic mass is 10.0. The lowest BCUT2D eigenvalue weighted by Crippen LogP contribution is -2.50. The second kappa shape index (κ2) is 10.9. The molecule has 3 aliphatic rings. The van der Waals surface area contributed by atoms with Crippen LogP contribution in [0, 0.1) is 12.8 Å². The fraction of sp³-hybridized carbons (Fsp3) is 0.469. The maximum atomic E-state index is 14.2. The minimum Gasteiger partial charge on any atom is -0.494 e. The molecular weight excluding hydrogens is 551 g/mol. The lowest BCUT2D eigenvalue weighted by molar-refractivity contribution is -0.119. The zero-order chi connectivity index (χ0) is 29.8. The van der Waals surface area contributed by atoms with Crippen LogP contribution in [-0.4, -0.2) is 76.0 Å². The van der Waals surface area contributed by atoms with E-state index in [0.717, 1.165) is 52.1 Å². The number of carbonyl (C=O) groups excluding carboxylic acids is 2. The topological polar surface area (TPSA) is 116 Å². The Bertz CT molecular complexity index is 1720. The highest BCUT2D eigenvalue weighted by molar-refractivity contribution is 5.96. The molecule has 1 unspecified atom stereocenters. The van der Waals surface area contributed by atoms with Crippen molar-refractivity contribution in [2.75, 3.05) is 26.8 Å². The van der Waals surface area contributed by atoms with Crippen LogP contribution in [0.4, 0.5) is 4.39 Å². The molecule has 1 saturated carbocycles. The molecule has 0 bridgehead atoms. The molecule has 10 nitrogen and oxygen atoms in total. The van der Waals surface area contributed by atoms with E-state index in [1.165, 1.54) is 17.7 Å². The summed E-state index contributed by atoms with van der Waals surface area (Å²) in [6, 6.07) is 9.52. The summed E-state index contributed by atoms with van der Waals surface area (Å²) >= 11 is 0. The predicted molar refractivity (Wildman–Crippen MR) is 160 cm³/mol. The number of aryl methyl sites for hydroxylation is 1. The van der Waals surface area contributed by atoms with Gasteiger partial charge >= 0.3 is 0 Å². The molecule has 3 aromatic heterocycles. The molecule has 5 heterocycles. The normalized spacial score (nSPS) is 22.4. The van der Waals surface area contributed by atoms with Gasteiger partial charge in [0.05, 0.1) is 36.5 Å². The molecule has 11 heteroatoms. The number of para-hydroxylation sites is 1. The van der Waals surface area contributed by atoms with Crippen LogP contribution in [0.3, 0.4) is 0 Å². The van der Waals surface area contributed by atoms with Crippen LogP contribution >= 0.6 is 0 Å². The summed E-state index contributed by atoms with van der Waals surface area (Å²) in [6.45, 7) is 3.60. The molecule has 1 aromatic carbocycles. The molecule has 226 valence electrons. The lowest BCUT2D eigenvalue weighted by Gasteiger charge is -2.33. The number of benzene rings is 1. The Hall–Kier alpha value is -4.12. The van der Waals surface area contributed by atoms with E-state index in [1.807, 2.05) is 19.1 Å². The molecule has 2 aliphatic heterocycles. The molecular formula is C32H37FN6O4. The number of hydrogen-bond donors (Lipinski definition) is 2. The van der Waals surface area contributed by atoms with Gasteiger partial charge in [0.2, 0.25) is 5.91 Å². The number of piperidine rings is 1. The molecule has 7 rings (SSSR count). The van der Waals surface area contributed by atoms with E-state index >= 15 is 0 Å². The number of alkyl halides is 1. The van der Waals surface area contributed by atoms with Gasteiger partial charge in [-0.2, -0.15) is 5.10 Å². The molecule has 3 fully saturated rings.